The van der Waals surface area contributed by atoms with Gasteiger partial charge in [0.2, 0.25) is 0 Å². The lowest BCUT2D eigenvalue weighted by Gasteiger charge is -2.31. The summed E-state index contributed by atoms with van der Waals surface area (Å²) in [4.78, 5) is 13.6. The Morgan fingerprint density at radius 2 is 2.41 bits per heavy atom. The van der Waals surface area contributed by atoms with Crippen LogP contribution in [0.4, 0.5) is 0 Å². The zero-order valence-electron chi connectivity index (χ0n) is 10.1. The molecule has 2 aliphatic heterocycles. The molecule has 98 valence electrons. The molecule has 0 aliphatic carbocycles. The molecule has 2 fully saturated rings. The van der Waals surface area contributed by atoms with Crippen LogP contribution in [0.25, 0.3) is 0 Å². The molecule has 6 nitrogen and oxygen atoms in total. The number of aliphatic hydroxyl groups is 1. The van der Waals surface area contributed by atoms with E-state index in [1.54, 1.807) is 7.05 Å². The summed E-state index contributed by atoms with van der Waals surface area (Å²) < 4.78 is 10.5. The number of rotatable bonds is 3. The standard InChI is InChI=1S/C11H20N2O4/c1-13(8-11(15)2-3-12-7-11)10(14)9-6-16-4-5-17-9/h9,12,15H,2-8H2,1H3. The Hall–Kier alpha value is -0.690. The van der Waals surface area contributed by atoms with E-state index in [9.17, 15) is 9.90 Å². The zero-order chi connectivity index (χ0) is 12.3. The van der Waals surface area contributed by atoms with Crippen LogP contribution in [0.3, 0.4) is 0 Å². The third-order valence-electron chi connectivity index (χ3n) is 3.22. The minimum Gasteiger partial charge on any atom is -0.387 e. The second-order valence-corrected chi connectivity index (χ2v) is 4.78. The van der Waals surface area contributed by atoms with Gasteiger partial charge in [-0.05, 0) is 13.0 Å². The molecule has 0 aromatic heterocycles. The van der Waals surface area contributed by atoms with Gasteiger partial charge in [-0.25, -0.2) is 0 Å². The number of ether oxygens (including phenoxy) is 2. The van der Waals surface area contributed by atoms with Crippen LogP contribution in [-0.4, -0.2) is 74.1 Å². The fourth-order valence-electron chi connectivity index (χ4n) is 2.26. The highest BCUT2D eigenvalue weighted by molar-refractivity contribution is 5.81. The highest BCUT2D eigenvalue weighted by Crippen LogP contribution is 2.16. The van der Waals surface area contributed by atoms with Crippen molar-refractivity contribution in [1.29, 1.82) is 0 Å². The smallest absolute Gasteiger partial charge is 0.253 e. The van der Waals surface area contributed by atoms with E-state index in [0.717, 1.165) is 6.54 Å². The first-order chi connectivity index (χ1) is 8.11. The lowest BCUT2D eigenvalue weighted by atomic mass is 10.0. The Morgan fingerprint density at radius 3 is 3.00 bits per heavy atom. The van der Waals surface area contributed by atoms with Gasteiger partial charge in [-0.3, -0.25) is 4.79 Å². The third kappa shape index (κ3) is 3.16. The second-order valence-electron chi connectivity index (χ2n) is 4.78. The summed E-state index contributed by atoms with van der Waals surface area (Å²) in [6, 6.07) is 0. The molecule has 0 spiro atoms. The van der Waals surface area contributed by atoms with Crippen molar-refractivity contribution in [2.24, 2.45) is 0 Å². The van der Waals surface area contributed by atoms with Crippen LogP contribution in [0.15, 0.2) is 0 Å². The SMILES string of the molecule is CN(CC1(O)CCNC1)C(=O)C1COCCO1. The highest BCUT2D eigenvalue weighted by Gasteiger charge is 2.35. The molecule has 2 rings (SSSR count). The first-order valence-electron chi connectivity index (χ1n) is 5.98. The molecule has 2 N–H and O–H groups in total. The molecule has 1 amide bonds. The summed E-state index contributed by atoms with van der Waals surface area (Å²) in [6.45, 7) is 2.96. The molecule has 2 aliphatic rings. The quantitative estimate of drug-likeness (QED) is 0.638. The Bertz CT molecular complexity index is 273. The summed E-state index contributed by atoms with van der Waals surface area (Å²) in [5, 5.41) is 13.3. The molecule has 0 radical (unpaired) electrons. The van der Waals surface area contributed by atoms with Gasteiger partial charge in [0.15, 0.2) is 6.10 Å². The van der Waals surface area contributed by atoms with E-state index in [2.05, 4.69) is 5.32 Å². The van der Waals surface area contributed by atoms with E-state index in [1.165, 1.54) is 4.90 Å². The molecule has 2 unspecified atom stereocenters. The van der Waals surface area contributed by atoms with Crippen molar-refractivity contribution in [3.63, 3.8) is 0 Å². The minimum atomic E-state index is -0.806. The molecular formula is C11H20N2O4. The number of β-amino-alcohol motifs (C(OH)–C–C–N with tert-alkyl or cyclic N) is 1. The summed E-state index contributed by atoms with van der Waals surface area (Å²) >= 11 is 0. The molecule has 0 aromatic carbocycles. The van der Waals surface area contributed by atoms with E-state index in [1.807, 2.05) is 0 Å². The van der Waals surface area contributed by atoms with Gasteiger partial charge in [-0.1, -0.05) is 0 Å². The largest absolute Gasteiger partial charge is 0.387 e. The van der Waals surface area contributed by atoms with Crippen LogP contribution in [-0.2, 0) is 14.3 Å². The molecule has 0 bridgehead atoms. The van der Waals surface area contributed by atoms with Crippen molar-refractivity contribution in [1.82, 2.24) is 10.2 Å². The number of hydrogen-bond acceptors (Lipinski definition) is 5. The maximum absolute atomic E-state index is 12.0. The van der Waals surface area contributed by atoms with Crippen LogP contribution >= 0.6 is 0 Å². The van der Waals surface area contributed by atoms with Gasteiger partial charge in [0.25, 0.3) is 5.91 Å². The first kappa shape index (κ1) is 12.8. The van der Waals surface area contributed by atoms with Crippen molar-refractivity contribution < 1.29 is 19.4 Å². The van der Waals surface area contributed by atoms with Crippen LogP contribution in [0.2, 0.25) is 0 Å². The topological polar surface area (TPSA) is 71.0 Å². The maximum Gasteiger partial charge on any atom is 0.253 e. The van der Waals surface area contributed by atoms with Gasteiger partial charge in [0.05, 0.1) is 32.0 Å². The van der Waals surface area contributed by atoms with Crippen molar-refractivity contribution in [3.05, 3.63) is 0 Å². The average Bonchev–Trinajstić information content (AvgIpc) is 2.76. The van der Waals surface area contributed by atoms with Crippen LogP contribution in [0.5, 0.6) is 0 Å². The Kier molecular flexibility index (Phi) is 3.98. The Morgan fingerprint density at radius 1 is 1.59 bits per heavy atom. The number of hydrogen-bond donors (Lipinski definition) is 2. The molecule has 17 heavy (non-hydrogen) atoms. The van der Waals surface area contributed by atoms with Gasteiger partial charge in [-0.15, -0.1) is 0 Å². The predicted octanol–water partition coefficient (Wildman–Crippen LogP) is -1.42. The normalized spacial score (nSPS) is 33.6. The monoisotopic (exact) mass is 244 g/mol. The number of amides is 1. The summed E-state index contributed by atoms with van der Waals surface area (Å²) in [6.07, 6.45) is 0.152. The van der Waals surface area contributed by atoms with Crippen LogP contribution in [0.1, 0.15) is 6.42 Å². The number of carbonyl (C=O) groups excluding carboxylic acids is 1. The lowest BCUT2D eigenvalue weighted by Crippen LogP contribution is -2.50. The first-order valence-corrected chi connectivity index (χ1v) is 5.98. The zero-order valence-corrected chi connectivity index (χ0v) is 10.1. The molecule has 6 heteroatoms. The van der Waals surface area contributed by atoms with Gasteiger partial charge >= 0.3 is 0 Å². The molecule has 2 saturated heterocycles. The molecule has 0 saturated carbocycles. The maximum atomic E-state index is 12.0. The average molecular weight is 244 g/mol. The summed E-state index contributed by atoms with van der Waals surface area (Å²) in [5.74, 6) is -0.120. The number of likely N-dealkylation sites (N-methyl/N-ethyl adjacent to an activating group) is 1. The van der Waals surface area contributed by atoms with E-state index < -0.39 is 11.7 Å². The predicted molar refractivity (Wildman–Crippen MR) is 60.6 cm³/mol. The van der Waals surface area contributed by atoms with Gasteiger partial charge < -0.3 is 24.8 Å². The Labute approximate surface area is 101 Å². The van der Waals surface area contributed by atoms with Crippen molar-refractivity contribution >= 4 is 5.91 Å². The van der Waals surface area contributed by atoms with Crippen LogP contribution < -0.4 is 5.32 Å². The molecule has 2 heterocycles. The van der Waals surface area contributed by atoms with Crippen molar-refractivity contribution in [2.75, 3.05) is 46.5 Å². The fraction of sp³-hybridized carbons (Fsp3) is 0.909. The van der Waals surface area contributed by atoms with Crippen molar-refractivity contribution in [2.45, 2.75) is 18.1 Å². The molecular weight excluding hydrogens is 224 g/mol. The molecule has 0 aromatic rings. The third-order valence-corrected chi connectivity index (χ3v) is 3.22. The van der Waals surface area contributed by atoms with E-state index in [0.29, 0.717) is 39.3 Å². The number of nitrogens with zero attached hydrogens (tertiary/aromatic N) is 1. The van der Waals surface area contributed by atoms with Crippen molar-refractivity contribution in [3.8, 4) is 0 Å². The van der Waals surface area contributed by atoms with Crippen LogP contribution in [0, 0.1) is 0 Å². The fourth-order valence-corrected chi connectivity index (χ4v) is 2.26. The highest BCUT2D eigenvalue weighted by atomic mass is 16.6. The number of nitrogens with one attached hydrogen (secondary N) is 1. The summed E-state index contributed by atoms with van der Waals surface area (Å²) in [7, 11) is 1.69. The van der Waals surface area contributed by atoms with Gasteiger partial charge in [0, 0.05) is 13.6 Å². The lowest BCUT2D eigenvalue weighted by molar-refractivity contribution is -0.159. The van der Waals surface area contributed by atoms with Gasteiger partial charge in [0.1, 0.15) is 0 Å². The number of carbonyl (C=O) groups is 1. The van der Waals surface area contributed by atoms with Gasteiger partial charge in [-0.2, -0.15) is 0 Å². The summed E-state index contributed by atoms with van der Waals surface area (Å²) in [5.41, 5.74) is -0.806. The van der Waals surface area contributed by atoms with E-state index in [-0.39, 0.29) is 5.91 Å². The molecule has 2 atom stereocenters. The van der Waals surface area contributed by atoms with E-state index >= 15 is 0 Å². The second kappa shape index (κ2) is 5.30. The minimum absolute atomic E-state index is 0.120. The van der Waals surface area contributed by atoms with E-state index in [4.69, 9.17) is 9.47 Å². The Balaban J connectivity index is 1.85.